The van der Waals surface area contributed by atoms with Crippen LogP contribution in [0, 0.1) is 16.7 Å². The van der Waals surface area contributed by atoms with Gasteiger partial charge in [-0.15, -0.1) is 0 Å². The molecule has 2 nitrogen and oxygen atoms in total. The number of hydrogen-bond donors (Lipinski definition) is 1. The number of rotatable bonds is 5. The lowest BCUT2D eigenvalue weighted by molar-refractivity contribution is 0.0358. The SMILES string of the molecule is CCCC1(CCC)CC(C#N)(c2ccc(N)cc2)C1. The second kappa shape index (κ2) is 5.25. The Labute approximate surface area is 116 Å². The monoisotopic (exact) mass is 256 g/mol. The number of nitrogens with zero attached hydrogens (tertiary/aromatic N) is 1. The standard InChI is InChI=1S/C17H24N2/c1-3-9-16(10-4-2)11-17(12-16,13-18)14-5-7-15(19)8-6-14/h5-8H,3-4,9-12,19H2,1-2H3. The van der Waals surface area contributed by atoms with Gasteiger partial charge in [-0.3, -0.25) is 0 Å². The molecule has 1 fully saturated rings. The average Bonchev–Trinajstić information content (AvgIpc) is 2.36. The molecule has 0 amide bonds. The highest BCUT2D eigenvalue weighted by Crippen LogP contribution is 2.59. The zero-order valence-corrected chi connectivity index (χ0v) is 12.1. The summed E-state index contributed by atoms with van der Waals surface area (Å²) in [4.78, 5) is 0. The Morgan fingerprint density at radius 1 is 1.11 bits per heavy atom. The predicted octanol–water partition coefficient (Wildman–Crippen LogP) is 4.41. The molecule has 0 aromatic heterocycles. The molecule has 0 spiro atoms. The van der Waals surface area contributed by atoms with Crippen molar-refractivity contribution in [3.05, 3.63) is 29.8 Å². The molecule has 0 atom stereocenters. The van der Waals surface area contributed by atoms with Crippen molar-refractivity contribution in [1.29, 1.82) is 5.26 Å². The molecule has 0 unspecified atom stereocenters. The van der Waals surface area contributed by atoms with E-state index in [4.69, 9.17) is 5.73 Å². The fourth-order valence-electron chi connectivity index (χ4n) is 3.92. The van der Waals surface area contributed by atoms with Crippen molar-refractivity contribution in [3.8, 4) is 6.07 Å². The van der Waals surface area contributed by atoms with Crippen LogP contribution in [-0.4, -0.2) is 0 Å². The number of nitriles is 1. The van der Waals surface area contributed by atoms with E-state index in [9.17, 15) is 5.26 Å². The van der Waals surface area contributed by atoms with E-state index in [1.807, 2.05) is 24.3 Å². The Kier molecular flexibility index (Phi) is 3.85. The molecule has 2 heteroatoms. The molecule has 19 heavy (non-hydrogen) atoms. The lowest BCUT2D eigenvalue weighted by Gasteiger charge is -2.53. The first-order valence-corrected chi connectivity index (χ1v) is 7.37. The molecule has 1 aromatic carbocycles. The highest BCUT2D eigenvalue weighted by Gasteiger charge is 2.54. The summed E-state index contributed by atoms with van der Waals surface area (Å²) >= 11 is 0. The van der Waals surface area contributed by atoms with Gasteiger partial charge >= 0.3 is 0 Å². The normalized spacial score (nSPS) is 19.4. The second-order valence-corrected chi connectivity index (χ2v) is 6.17. The third kappa shape index (κ3) is 2.47. The number of nitrogens with two attached hydrogens (primary N) is 1. The van der Waals surface area contributed by atoms with Gasteiger partial charge in [0, 0.05) is 5.69 Å². The predicted molar refractivity (Wildman–Crippen MR) is 79.6 cm³/mol. The van der Waals surface area contributed by atoms with Crippen LogP contribution in [0.4, 0.5) is 5.69 Å². The van der Waals surface area contributed by atoms with Gasteiger partial charge < -0.3 is 5.73 Å². The Morgan fingerprint density at radius 3 is 2.05 bits per heavy atom. The van der Waals surface area contributed by atoms with Crippen LogP contribution < -0.4 is 5.73 Å². The van der Waals surface area contributed by atoms with E-state index in [2.05, 4.69) is 19.9 Å². The number of nitrogen functional groups attached to an aromatic ring is 1. The van der Waals surface area contributed by atoms with Crippen molar-refractivity contribution in [2.45, 2.75) is 57.8 Å². The zero-order chi connectivity index (χ0) is 13.9. The minimum absolute atomic E-state index is 0.266. The van der Waals surface area contributed by atoms with Crippen LogP contribution in [0.2, 0.25) is 0 Å². The molecule has 1 aromatic rings. The van der Waals surface area contributed by atoms with Gasteiger partial charge in [0.1, 0.15) is 0 Å². The van der Waals surface area contributed by atoms with Crippen molar-refractivity contribution < 1.29 is 0 Å². The molecule has 1 aliphatic rings. The molecule has 1 aliphatic carbocycles. The Bertz CT molecular complexity index is 453. The summed E-state index contributed by atoms with van der Waals surface area (Å²) in [7, 11) is 0. The first kappa shape index (κ1) is 13.9. The third-order valence-corrected chi connectivity index (χ3v) is 4.59. The van der Waals surface area contributed by atoms with Crippen molar-refractivity contribution in [2.75, 3.05) is 5.73 Å². The highest BCUT2D eigenvalue weighted by atomic mass is 14.6. The molecule has 2 N–H and O–H groups in total. The number of anilines is 1. The zero-order valence-electron chi connectivity index (χ0n) is 12.1. The summed E-state index contributed by atoms with van der Waals surface area (Å²) in [5, 5.41) is 9.65. The van der Waals surface area contributed by atoms with E-state index in [0.29, 0.717) is 5.41 Å². The fraction of sp³-hybridized carbons (Fsp3) is 0.588. The minimum atomic E-state index is -0.266. The maximum Gasteiger partial charge on any atom is 0.0833 e. The van der Waals surface area contributed by atoms with Crippen LogP contribution in [0.25, 0.3) is 0 Å². The fourth-order valence-corrected chi connectivity index (χ4v) is 3.92. The van der Waals surface area contributed by atoms with Crippen LogP contribution in [0.1, 0.15) is 57.9 Å². The first-order valence-electron chi connectivity index (χ1n) is 7.37. The maximum atomic E-state index is 9.65. The lowest BCUT2D eigenvalue weighted by Crippen LogP contribution is -2.48. The molecule has 0 aliphatic heterocycles. The summed E-state index contributed by atoms with van der Waals surface area (Å²) in [5.74, 6) is 0. The van der Waals surface area contributed by atoms with E-state index >= 15 is 0 Å². The Morgan fingerprint density at radius 2 is 1.63 bits per heavy atom. The highest BCUT2D eigenvalue weighted by molar-refractivity contribution is 5.45. The summed E-state index contributed by atoms with van der Waals surface area (Å²) < 4.78 is 0. The van der Waals surface area contributed by atoms with Gasteiger partial charge in [0.2, 0.25) is 0 Å². The quantitative estimate of drug-likeness (QED) is 0.793. The molecule has 102 valence electrons. The summed E-state index contributed by atoms with van der Waals surface area (Å²) in [6, 6.07) is 10.5. The van der Waals surface area contributed by atoms with Crippen LogP contribution in [0.15, 0.2) is 24.3 Å². The summed E-state index contributed by atoms with van der Waals surface area (Å²) in [5.41, 5.74) is 7.79. The molecule has 1 saturated carbocycles. The van der Waals surface area contributed by atoms with Crippen molar-refractivity contribution in [3.63, 3.8) is 0 Å². The van der Waals surface area contributed by atoms with Crippen molar-refractivity contribution in [2.24, 2.45) is 5.41 Å². The van der Waals surface area contributed by atoms with E-state index in [0.717, 1.165) is 24.1 Å². The van der Waals surface area contributed by atoms with Crippen LogP contribution in [0.5, 0.6) is 0 Å². The maximum absolute atomic E-state index is 9.65. The van der Waals surface area contributed by atoms with E-state index in [-0.39, 0.29) is 5.41 Å². The van der Waals surface area contributed by atoms with Gasteiger partial charge in [0.15, 0.2) is 0 Å². The largest absolute Gasteiger partial charge is 0.399 e. The number of benzene rings is 1. The van der Waals surface area contributed by atoms with Gasteiger partial charge in [-0.2, -0.15) is 5.26 Å². The average molecular weight is 256 g/mol. The van der Waals surface area contributed by atoms with Gasteiger partial charge in [0.25, 0.3) is 0 Å². The van der Waals surface area contributed by atoms with E-state index in [1.165, 1.54) is 25.7 Å². The molecule has 0 radical (unpaired) electrons. The van der Waals surface area contributed by atoms with Crippen molar-refractivity contribution in [1.82, 2.24) is 0 Å². The topological polar surface area (TPSA) is 49.8 Å². The molecular formula is C17H24N2. The van der Waals surface area contributed by atoms with Gasteiger partial charge in [-0.05, 0) is 48.8 Å². The van der Waals surface area contributed by atoms with Gasteiger partial charge in [-0.25, -0.2) is 0 Å². The molecule has 0 bridgehead atoms. The van der Waals surface area contributed by atoms with Crippen molar-refractivity contribution >= 4 is 5.69 Å². The Hall–Kier alpha value is -1.49. The molecular weight excluding hydrogens is 232 g/mol. The smallest absolute Gasteiger partial charge is 0.0833 e. The first-order chi connectivity index (χ1) is 9.10. The van der Waals surface area contributed by atoms with Crippen LogP contribution in [-0.2, 0) is 5.41 Å². The van der Waals surface area contributed by atoms with Crippen LogP contribution >= 0.6 is 0 Å². The second-order valence-electron chi connectivity index (χ2n) is 6.17. The van der Waals surface area contributed by atoms with Gasteiger partial charge in [-0.1, -0.05) is 38.8 Å². The third-order valence-electron chi connectivity index (χ3n) is 4.59. The number of hydrogen-bond acceptors (Lipinski definition) is 2. The summed E-state index contributed by atoms with van der Waals surface area (Å²) in [6.45, 7) is 4.49. The molecule has 0 saturated heterocycles. The molecule has 0 heterocycles. The lowest BCUT2D eigenvalue weighted by atomic mass is 9.48. The van der Waals surface area contributed by atoms with E-state index < -0.39 is 0 Å². The Balaban J connectivity index is 2.20. The minimum Gasteiger partial charge on any atom is -0.399 e. The van der Waals surface area contributed by atoms with Crippen LogP contribution in [0.3, 0.4) is 0 Å². The van der Waals surface area contributed by atoms with Gasteiger partial charge in [0.05, 0.1) is 11.5 Å². The van der Waals surface area contributed by atoms with E-state index in [1.54, 1.807) is 0 Å². The molecule has 2 rings (SSSR count). The summed E-state index contributed by atoms with van der Waals surface area (Å²) in [6.07, 6.45) is 6.95.